The van der Waals surface area contributed by atoms with Crippen molar-refractivity contribution in [2.24, 2.45) is 0 Å². The molecule has 0 saturated carbocycles. The van der Waals surface area contributed by atoms with Crippen molar-refractivity contribution in [1.82, 2.24) is 19.8 Å². The quantitative estimate of drug-likeness (QED) is 0.402. The van der Waals surface area contributed by atoms with Crippen LogP contribution in [0.5, 0.6) is 0 Å². The van der Waals surface area contributed by atoms with Crippen molar-refractivity contribution in [1.29, 1.82) is 0 Å². The van der Waals surface area contributed by atoms with Gasteiger partial charge in [-0.3, -0.25) is 0 Å². The molecule has 0 spiro atoms. The first-order chi connectivity index (χ1) is 12.1. The van der Waals surface area contributed by atoms with Crippen LogP contribution in [-0.4, -0.2) is 39.8 Å². The standard InChI is InChI=1S/C16H18BBrClN5O/c1-17(25)21-8-4-7-20-15-9-14(11-5-2-3-6-13(11)19)23-16-12(18)10-22-24(15)16/h2-3,5-6,9-10,20-21,25H,4,7-8H2,1H3. The molecule has 6 nitrogen and oxygen atoms in total. The highest BCUT2D eigenvalue weighted by molar-refractivity contribution is 9.10. The molecule has 3 N–H and O–H groups in total. The molecule has 9 heteroatoms. The van der Waals surface area contributed by atoms with Gasteiger partial charge in [0.15, 0.2) is 5.65 Å². The Hall–Kier alpha value is -1.61. The van der Waals surface area contributed by atoms with Crippen LogP contribution in [0, 0.1) is 0 Å². The van der Waals surface area contributed by atoms with Gasteiger partial charge in [-0.2, -0.15) is 9.61 Å². The lowest BCUT2D eigenvalue weighted by atomic mass is 9.89. The van der Waals surface area contributed by atoms with E-state index in [0.717, 1.165) is 46.7 Å². The van der Waals surface area contributed by atoms with E-state index in [1.807, 2.05) is 30.3 Å². The van der Waals surface area contributed by atoms with Crippen molar-refractivity contribution < 1.29 is 5.02 Å². The van der Waals surface area contributed by atoms with Gasteiger partial charge in [0, 0.05) is 23.2 Å². The van der Waals surface area contributed by atoms with Crippen LogP contribution in [0.25, 0.3) is 16.9 Å². The molecule has 0 unspecified atom stereocenters. The largest absolute Gasteiger partial charge is 0.437 e. The normalized spacial score (nSPS) is 11.0. The minimum absolute atomic E-state index is 0.499. The molecule has 0 saturated heterocycles. The molecule has 0 atom stereocenters. The zero-order valence-electron chi connectivity index (χ0n) is 13.7. The molecule has 2 aromatic heterocycles. The third-order valence-corrected chi connectivity index (χ3v) is 4.57. The van der Waals surface area contributed by atoms with E-state index in [9.17, 15) is 5.02 Å². The number of benzene rings is 1. The van der Waals surface area contributed by atoms with E-state index in [1.165, 1.54) is 0 Å². The molecule has 2 heterocycles. The molecule has 3 aromatic rings. The number of nitrogens with one attached hydrogen (secondary N) is 2. The summed E-state index contributed by atoms with van der Waals surface area (Å²) in [6.45, 7) is 3.16. The van der Waals surface area contributed by atoms with Gasteiger partial charge in [0.25, 0.3) is 0 Å². The summed E-state index contributed by atoms with van der Waals surface area (Å²) in [7, 11) is -0.499. The Balaban J connectivity index is 1.88. The summed E-state index contributed by atoms with van der Waals surface area (Å²) in [6.07, 6.45) is 2.58. The van der Waals surface area contributed by atoms with Gasteiger partial charge in [-0.25, -0.2) is 4.98 Å². The van der Waals surface area contributed by atoms with Crippen LogP contribution >= 0.6 is 27.5 Å². The first-order valence-electron chi connectivity index (χ1n) is 8.01. The molecule has 1 aromatic carbocycles. The van der Waals surface area contributed by atoms with E-state index < -0.39 is 7.05 Å². The van der Waals surface area contributed by atoms with Crippen LogP contribution in [0.4, 0.5) is 5.82 Å². The van der Waals surface area contributed by atoms with Gasteiger partial charge in [-0.1, -0.05) is 29.8 Å². The molecule has 130 valence electrons. The van der Waals surface area contributed by atoms with Gasteiger partial charge in [0.1, 0.15) is 5.82 Å². The Morgan fingerprint density at radius 2 is 2.12 bits per heavy atom. The molecule has 0 fully saturated rings. The van der Waals surface area contributed by atoms with Crippen molar-refractivity contribution >= 4 is 46.0 Å². The lowest BCUT2D eigenvalue weighted by molar-refractivity contribution is 0.552. The van der Waals surface area contributed by atoms with E-state index in [4.69, 9.17) is 11.6 Å². The highest BCUT2D eigenvalue weighted by Gasteiger charge is 2.13. The lowest BCUT2D eigenvalue weighted by Gasteiger charge is -2.12. The molecule has 0 amide bonds. The van der Waals surface area contributed by atoms with Gasteiger partial charge < -0.3 is 15.6 Å². The third-order valence-electron chi connectivity index (χ3n) is 3.68. The predicted molar refractivity (Wildman–Crippen MR) is 106 cm³/mol. The van der Waals surface area contributed by atoms with Gasteiger partial charge in [0.2, 0.25) is 0 Å². The van der Waals surface area contributed by atoms with Crippen molar-refractivity contribution in [2.75, 3.05) is 18.4 Å². The van der Waals surface area contributed by atoms with Crippen LogP contribution in [0.1, 0.15) is 6.42 Å². The van der Waals surface area contributed by atoms with Crippen LogP contribution < -0.4 is 10.5 Å². The number of hydrogen-bond acceptors (Lipinski definition) is 5. The Labute approximate surface area is 159 Å². The monoisotopic (exact) mass is 421 g/mol. The number of rotatable bonds is 7. The zero-order valence-corrected chi connectivity index (χ0v) is 16.0. The maximum Gasteiger partial charge on any atom is 0.373 e. The Morgan fingerprint density at radius 3 is 2.88 bits per heavy atom. The molecule has 25 heavy (non-hydrogen) atoms. The fourth-order valence-corrected chi connectivity index (χ4v) is 3.07. The Kier molecular flexibility index (Phi) is 5.95. The van der Waals surface area contributed by atoms with Crippen molar-refractivity contribution in [3.63, 3.8) is 0 Å². The number of fused-ring (bicyclic) bond motifs is 1. The van der Waals surface area contributed by atoms with E-state index >= 15 is 0 Å². The van der Waals surface area contributed by atoms with Crippen LogP contribution in [0.2, 0.25) is 11.8 Å². The number of nitrogens with zero attached hydrogens (tertiary/aromatic N) is 3. The molecular weight excluding hydrogens is 404 g/mol. The maximum atomic E-state index is 9.23. The van der Waals surface area contributed by atoms with Gasteiger partial charge in [0.05, 0.1) is 16.4 Å². The summed E-state index contributed by atoms with van der Waals surface area (Å²) in [5.74, 6) is 0.836. The number of aromatic nitrogens is 3. The molecule has 0 aliphatic heterocycles. The fourth-order valence-electron chi connectivity index (χ4n) is 2.48. The third kappa shape index (κ3) is 4.33. The van der Waals surface area contributed by atoms with Crippen LogP contribution in [0.3, 0.4) is 0 Å². The molecule has 3 rings (SSSR count). The Morgan fingerprint density at radius 1 is 1.32 bits per heavy atom. The van der Waals surface area contributed by atoms with E-state index in [0.29, 0.717) is 5.02 Å². The number of hydrogen-bond donors (Lipinski definition) is 3. The second-order valence-electron chi connectivity index (χ2n) is 5.64. The highest BCUT2D eigenvalue weighted by Crippen LogP contribution is 2.30. The van der Waals surface area contributed by atoms with Gasteiger partial charge in [-0.05, 0) is 41.8 Å². The fraction of sp³-hybridized carbons (Fsp3) is 0.250. The number of halogens is 2. The van der Waals surface area contributed by atoms with E-state index in [-0.39, 0.29) is 0 Å². The minimum atomic E-state index is -0.499. The van der Waals surface area contributed by atoms with Gasteiger partial charge in [-0.15, -0.1) is 0 Å². The Bertz CT molecular complexity index is 873. The van der Waals surface area contributed by atoms with Gasteiger partial charge >= 0.3 is 7.05 Å². The average molecular weight is 423 g/mol. The molecule has 0 bridgehead atoms. The smallest absolute Gasteiger partial charge is 0.373 e. The van der Waals surface area contributed by atoms with Crippen LogP contribution in [-0.2, 0) is 0 Å². The molecule has 0 radical (unpaired) electrons. The first-order valence-corrected chi connectivity index (χ1v) is 9.18. The molecular formula is C16H18BBrClN5O. The topological polar surface area (TPSA) is 74.5 Å². The highest BCUT2D eigenvalue weighted by atomic mass is 79.9. The lowest BCUT2D eigenvalue weighted by Crippen LogP contribution is -2.32. The second kappa shape index (κ2) is 8.18. The average Bonchev–Trinajstić information content (AvgIpc) is 2.96. The van der Waals surface area contributed by atoms with E-state index in [2.05, 4.69) is 36.6 Å². The second-order valence-corrected chi connectivity index (χ2v) is 6.91. The van der Waals surface area contributed by atoms with Crippen LogP contribution in [0.15, 0.2) is 41.0 Å². The zero-order chi connectivity index (χ0) is 17.8. The minimum Gasteiger partial charge on any atom is -0.437 e. The maximum absolute atomic E-state index is 9.23. The summed E-state index contributed by atoms with van der Waals surface area (Å²) in [5.41, 5.74) is 2.38. The SMILES string of the molecule is CB(O)NCCCNc1cc(-c2ccccc2Cl)nc2c(Br)cnn12. The predicted octanol–water partition coefficient (Wildman–Crippen LogP) is 3.31. The first kappa shape index (κ1) is 18.2. The summed E-state index contributed by atoms with van der Waals surface area (Å²) >= 11 is 9.82. The summed E-state index contributed by atoms with van der Waals surface area (Å²) in [6, 6.07) is 9.57. The van der Waals surface area contributed by atoms with Crippen molar-refractivity contribution in [2.45, 2.75) is 13.2 Å². The molecule has 0 aliphatic rings. The van der Waals surface area contributed by atoms with E-state index in [1.54, 1.807) is 17.5 Å². The summed E-state index contributed by atoms with van der Waals surface area (Å²) < 4.78 is 2.58. The van der Waals surface area contributed by atoms with Crippen molar-refractivity contribution in [3.05, 3.63) is 46.0 Å². The number of anilines is 1. The summed E-state index contributed by atoms with van der Waals surface area (Å²) in [5, 5.41) is 20.6. The summed E-state index contributed by atoms with van der Waals surface area (Å²) in [4.78, 5) is 4.68. The molecule has 0 aliphatic carbocycles. The van der Waals surface area contributed by atoms with Crippen molar-refractivity contribution in [3.8, 4) is 11.3 Å².